The van der Waals surface area contributed by atoms with Gasteiger partial charge < -0.3 is 4.74 Å². The number of thioether (sulfide) groups is 2. The van der Waals surface area contributed by atoms with E-state index in [0.717, 1.165) is 22.7 Å². The Morgan fingerprint density at radius 3 is 2.12 bits per heavy atom. The number of anilines is 2. The highest BCUT2D eigenvalue weighted by Gasteiger charge is 2.59. The number of carbonyl (C=O) groups excluding carboxylic acids is 2. The number of amides is 1. The van der Waals surface area contributed by atoms with Gasteiger partial charge in [-0.25, -0.2) is 5.01 Å². The molecule has 1 spiro atoms. The second-order valence-corrected chi connectivity index (χ2v) is 10.3. The normalized spacial score (nSPS) is 20.8. The Bertz CT molecular complexity index is 1290. The zero-order chi connectivity index (χ0) is 23.7. The van der Waals surface area contributed by atoms with Crippen molar-refractivity contribution in [2.24, 2.45) is 5.10 Å². The van der Waals surface area contributed by atoms with Crippen molar-refractivity contribution in [3.05, 3.63) is 95.4 Å². The summed E-state index contributed by atoms with van der Waals surface area (Å²) in [6, 6.07) is 26.6. The Morgan fingerprint density at radius 2 is 1.53 bits per heavy atom. The number of hydrogen-bond acceptors (Lipinski definition) is 7. The fraction of sp³-hybridized carbons (Fsp3) is 0.115. The molecule has 6 nitrogen and oxygen atoms in total. The molecule has 3 aromatic carbocycles. The minimum absolute atomic E-state index is 0.142. The molecule has 1 saturated heterocycles. The summed E-state index contributed by atoms with van der Waals surface area (Å²) in [5, 5.41) is 6.81. The number of para-hydroxylation sites is 2. The molecule has 1 amide bonds. The van der Waals surface area contributed by atoms with Crippen molar-refractivity contribution in [2.75, 3.05) is 17.0 Å². The molecule has 0 saturated carbocycles. The summed E-state index contributed by atoms with van der Waals surface area (Å²) in [7, 11) is 1.62. The van der Waals surface area contributed by atoms with Crippen LogP contribution in [0.2, 0.25) is 0 Å². The van der Waals surface area contributed by atoms with E-state index in [9.17, 15) is 9.59 Å². The molecule has 0 aromatic heterocycles. The molecule has 1 unspecified atom stereocenters. The zero-order valence-corrected chi connectivity index (χ0v) is 20.2. The summed E-state index contributed by atoms with van der Waals surface area (Å²) >= 11 is 2.68. The Labute approximate surface area is 206 Å². The number of benzene rings is 3. The Morgan fingerprint density at radius 1 is 0.912 bits per heavy atom. The smallest absolute Gasteiger partial charge is 0.268 e. The number of nitrogens with zero attached hydrogens (tertiary/aromatic N) is 3. The number of ether oxygens (including phenoxy) is 1. The van der Waals surface area contributed by atoms with E-state index in [1.54, 1.807) is 17.0 Å². The van der Waals surface area contributed by atoms with Gasteiger partial charge in [0.05, 0.1) is 17.7 Å². The lowest BCUT2D eigenvalue weighted by molar-refractivity contribution is -0.114. The summed E-state index contributed by atoms with van der Waals surface area (Å²) in [5.74, 6) is 0.452. The third-order valence-electron chi connectivity index (χ3n) is 5.36. The molecule has 1 atom stereocenters. The molecular weight excluding hydrogens is 466 g/mol. The molecule has 34 heavy (non-hydrogen) atoms. The largest absolute Gasteiger partial charge is 0.497 e. The predicted octanol–water partition coefficient (Wildman–Crippen LogP) is 5.58. The first-order valence-corrected chi connectivity index (χ1v) is 12.2. The summed E-state index contributed by atoms with van der Waals surface area (Å²) in [6.45, 7) is 1.50. The number of ketones is 1. The molecule has 170 valence electrons. The van der Waals surface area contributed by atoms with Crippen molar-refractivity contribution >= 4 is 57.7 Å². The van der Waals surface area contributed by atoms with Gasteiger partial charge >= 0.3 is 0 Å². The molecule has 0 bridgehead atoms. The van der Waals surface area contributed by atoms with Gasteiger partial charge in [0.25, 0.3) is 5.91 Å². The maximum Gasteiger partial charge on any atom is 0.268 e. The first-order chi connectivity index (χ1) is 16.5. The second kappa shape index (κ2) is 9.04. The van der Waals surface area contributed by atoms with E-state index in [-0.39, 0.29) is 11.7 Å². The van der Waals surface area contributed by atoms with Crippen LogP contribution in [0.25, 0.3) is 6.08 Å². The first-order valence-electron chi connectivity index (χ1n) is 10.6. The Hall–Kier alpha value is -3.49. The summed E-state index contributed by atoms with van der Waals surface area (Å²) in [4.78, 5) is 28.6. The predicted molar refractivity (Wildman–Crippen MR) is 140 cm³/mol. The van der Waals surface area contributed by atoms with E-state index < -0.39 is 4.33 Å². The highest BCUT2D eigenvalue weighted by Crippen LogP contribution is 2.59. The summed E-state index contributed by atoms with van der Waals surface area (Å²) in [6.07, 6.45) is 1.87. The van der Waals surface area contributed by atoms with Crippen LogP contribution in [0.1, 0.15) is 12.5 Å². The van der Waals surface area contributed by atoms with Crippen LogP contribution in [0, 0.1) is 0 Å². The van der Waals surface area contributed by atoms with Crippen LogP contribution < -0.4 is 14.6 Å². The standard InChI is InChI=1S/C26H21N3O3S2/c1-18(30)24-27-29(21-11-7-4-8-12-21)26(34-24)28(20-9-5-3-6-10-20)25(31)23(33-26)17-19-13-15-22(32-2)16-14-19/h3-17H,1-2H3/b23-17+. The van der Waals surface area contributed by atoms with Gasteiger partial charge in [0.2, 0.25) is 4.33 Å². The van der Waals surface area contributed by atoms with Gasteiger partial charge in [-0.2, -0.15) is 5.10 Å². The second-order valence-electron chi connectivity index (χ2n) is 7.62. The zero-order valence-electron chi connectivity index (χ0n) is 18.5. The van der Waals surface area contributed by atoms with Crippen LogP contribution in [-0.2, 0) is 9.59 Å². The van der Waals surface area contributed by atoms with E-state index in [1.807, 2.05) is 91.0 Å². The number of methoxy groups -OCH3 is 1. The maximum atomic E-state index is 13.9. The number of carbonyl (C=O) groups is 2. The molecule has 0 radical (unpaired) electrons. The van der Waals surface area contributed by atoms with Gasteiger partial charge in [-0.15, -0.1) is 0 Å². The fourth-order valence-corrected chi connectivity index (χ4v) is 6.63. The van der Waals surface area contributed by atoms with Crippen LogP contribution in [0.5, 0.6) is 5.75 Å². The third kappa shape index (κ3) is 3.89. The van der Waals surface area contributed by atoms with E-state index in [2.05, 4.69) is 5.10 Å². The van der Waals surface area contributed by atoms with Crippen molar-refractivity contribution < 1.29 is 14.3 Å². The van der Waals surface area contributed by atoms with Crippen LogP contribution in [-0.4, -0.2) is 28.2 Å². The van der Waals surface area contributed by atoms with E-state index >= 15 is 0 Å². The Kier molecular flexibility index (Phi) is 5.93. The van der Waals surface area contributed by atoms with Gasteiger partial charge in [-0.1, -0.05) is 60.3 Å². The Balaban J connectivity index is 1.65. The summed E-state index contributed by atoms with van der Waals surface area (Å²) < 4.78 is 4.24. The van der Waals surface area contributed by atoms with Crippen LogP contribution in [0.4, 0.5) is 11.4 Å². The molecular formula is C26H21N3O3S2. The quantitative estimate of drug-likeness (QED) is 0.438. The molecule has 1 fully saturated rings. The van der Waals surface area contributed by atoms with Crippen LogP contribution in [0.15, 0.2) is 94.9 Å². The molecule has 2 aliphatic heterocycles. The van der Waals surface area contributed by atoms with Gasteiger partial charge in [-0.3, -0.25) is 14.5 Å². The molecule has 8 heteroatoms. The minimum atomic E-state index is -1.01. The van der Waals surface area contributed by atoms with E-state index in [1.165, 1.54) is 30.4 Å². The van der Waals surface area contributed by atoms with Crippen LogP contribution >= 0.6 is 23.5 Å². The van der Waals surface area contributed by atoms with E-state index in [4.69, 9.17) is 4.74 Å². The average molecular weight is 488 g/mol. The van der Waals surface area contributed by atoms with Crippen molar-refractivity contribution in [3.8, 4) is 5.75 Å². The SMILES string of the molecule is COc1ccc(/C=C2/SC3(SC(C(C)=O)=NN3c3ccccc3)N(c3ccccc3)C2=O)cc1. The number of hydrogen-bond donors (Lipinski definition) is 0. The van der Waals surface area contributed by atoms with Gasteiger partial charge in [-0.05, 0) is 59.8 Å². The molecule has 3 aromatic rings. The van der Waals surface area contributed by atoms with Crippen molar-refractivity contribution in [1.29, 1.82) is 0 Å². The van der Waals surface area contributed by atoms with E-state index in [0.29, 0.717) is 9.95 Å². The lowest BCUT2D eigenvalue weighted by Crippen LogP contribution is -2.51. The summed E-state index contributed by atoms with van der Waals surface area (Å²) in [5.41, 5.74) is 2.40. The fourth-order valence-electron chi connectivity index (χ4n) is 3.75. The van der Waals surface area contributed by atoms with Gasteiger partial charge in [0.15, 0.2) is 10.8 Å². The topological polar surface area (TPSA) is 62.2 Å². The number of hydrazone groups is 1. The van der Waals surface area contributed by atoms with Crippen LogP contribution in [0.3, 0.4) is 0 Å². The maximum absolute atomic E-state index is 13.9. The molecule has 0 N–H and O–H groups in total. The number of Topliss-reactive ketones (excluding diaryl/α,β-unsaturated/α-hetero) is 1. The highest BCUT2D eigenvalue weighted by atomic mass is 32.2. The van der Waals surface area contributed by atoms with Crippen molar-refractivity contribution in [1.82, 2.24) is 0 Å². The third-order valence-corrected chi connectivity index (χ3v) is 8.18. The molecule has 2 aliphatic rings. The lowest BCUT2D eigenvalue weighted by Gasteiger charge is -2.38. The minimum Gasteiger partial charge on any atom is -0.497 e. The number of rotatable bonds is 5. The monoisotopic (exact) mass is 487 g/mol. The van der Waals surface area contributed by atoms with Crippen molar-refractivity contribution in [3.63, 3.8) is 0 Å². The molecule has 5 rings (SSSR count). The average Bonchev–Trinajstić information content (AvgIpc) is 3.38. The highest BCUT2D eigenvalue weighted by molar-refractivity contribution is 8.29. The van der Waals surface area contributed by atoms with Gasteiger partial charge in [0, 0.05) is 12.6 Å². The molecule has 0 aliphatic carbocycles. The van der Waals surface area contributed by atoms with Gasteiger partial charge in [0.1, 0.15) is 5.75 Å². The first kappa shape index (κ1) is 22.3. The van der Waals surface area contributed by atoms with Crippen molar-refractivity contribution in [2.45, 2.75) is 11.3 Å². The lowest BCUT2D eigenvalue weighted by atomic mass is 10.2. The molecule has 2 heterocycles.